The van der Waals surface area contributed by atoms with Crippen LogP contribution in [0.4, 0.5) is 0 Å². The van der Waals surface area contributed by atoms with Gasteiger partial charge in [-0.1, -0.05) is 12.5 Å². The molecule has 1 heterocycles. The van der Waals surface area contributed by atoms with Crippen LogP contribution in [0.1, 0.15) is 52.5 Å². The van der Waals surface area contributed by atoms with Crippen molar-refractivity contribution >= 4 is 21.8 Å². The Labute approximate surface area is 182 Å². The summed E-state index contributed by atoms with van der Waals surface area (Å²) in [6, 6.07) is 11.0. The fourth-order valence-electron chi connectivity index (χ4n) is 3.39. The monoisotopic (exact) mass is 445 g/mol. The number of aryl methyl sites for hydroxylation is 1. The van der Waals surface area contributed by atoms with Crippen molar-refractivity contribution in [2.75, 3.05) is 19.7 Å². The first-order valence-electron chi connectivity index (χ1n) is 10.3. The van der Waals surface area contributed by atoms with Crippen LogP contribution in [0.15, 0.2) is 47.4 Å². The fraction of sp³-hybridized carbons (Fsp3) is 0.364. The van der Waals surface area contributed by atoms with Crippen molar-refractivity contribution in [1.82, 2.24) is 15.2 Å². The fourth-order valence-corrected chi connectivity index (χ4v) is 5.16. The molecule has 0 radical (unpaired) electrons. The molecule has 8 nitrogen and oxygen atoms in total. The predicted molar refractivity (Wildman–Crippen MR) is 116 cm³/mol. The first-order valence-corrected chi connectivity index (χ1v) is 11.7. The summed E-state index contributed by atoms with van der Waals surface area (Å²) in [5.74, 6) is -0.454. The lowest BCUT2D eigenvalue weighted by atomic mass is 10.1. The van der Waals surface area contributed by atoms with Crippen LogP contribution in [0.25, 0.3) is 0 Å². The van der Waals surface area contributed by atoms with Crippen LogP contribution in [0, 0.1) is 6.92 Å². The number of nitrogens with one attached hydrogen (secondary N) is 2. The maximum absolute atomic E-state index is 13.0. The molecule has 2 aromatic carbocycles. The van der Waals surface area contributed by atoms with Gasteiger partial charge in [-0.2, -0.15) is 4.31 Å². The zero-order chi connectivity index (χ0) is 22.4. The number of nitrogens with zero attached hydrogens (tertiary/aromatic N) is 1. The average Bonchev–Trinajstić information content (AvgIpc) is 2.78. The van der Waals surface area contributed by atoms with Gasteiger partial charge < -0.3 is 4.74 Å². The summed E-state index contributed by atoms with van der Waals surface area (Å²) in [4.78, 5) is 24.9. The minimum Gasteiger partial charge on any atom is -0.494 e. The van der Waals surface area contributed by atoms with Gasteiger partial charge >= 0.3 is 0 Å². The Morgan fingerprint density at radius 2 is 1.52 bits per heavy atom. The van der Waals surface area contributed by atoms with Gasteiger partial charge in [0, 0.05) is 24.2 Å². The Morgan fingerprint density at radius 3 is 2.13 bits per heavy atom. The molecule has 0 spiro atoms. The number of rotatable bonds is 6. The highest BCUT2D eigenvalue weighted by Crippen LogP contribution is 2.24. The van der Waals surface area contributed by atoms with Crippen LogP contribution in [-0.2, 0) is 10.0 Å². The molecule has 0 aromatic heterocycles. The van der Waals surface area contributed by atoms with Gasteiger partial charge in [-0.05, 0) is 68.7 Å². The van der Waals surface area contributed by atoms with Gasteiger partial charge in [0.15, 0.2) is 0 Å². The van der Waals surface area contributed by atoms with E-state index in [1.807, 2.05) is 6.92 Å². The summed E-state index contributed by atoms with van der Waals surface area (Å²) in [6.45, 7) is 5.05. The largest absolute Gasteiger partial charge is 0.494 e. The molecular formula is C22H27N3O5S. The molecule has 0 aliphatic carbocycles. The molecule has 1 saturated heterocycles. The summed E-state index contributed by atoms with van der Waals surface area (Å²) in [5, 5.41) is 0. The van der Waals surface area contributed by atoms with Gasteiger partial charge in [-0.15, -0.1) is 0 Å². The van der Waals surface area contributed by atoms with E-state index in [1.165, 1.54) is 16.4 Å². The Bertz CT molecular complexity index is 1050. The average molecular weight is 446 g/mol. The highest BCUT2D eigenvalue weighted by atomic mass is 32.2. The maximum Gasteiger partial charge on any atom is 0.269 e. The van der Waals surface area contributed by atoms with Crippen molar-refractivity contribution in [1.29, 1.82) is 0 Å². The Balaban J connectivity index is 1.69. The van der Waals surface area contributed by atoms with Crippen molar-refractivity contribution in [3.63, 3.8) is 0 Å². The number of benzene rings is 2. The summed E-state index contributed by atoms with van der Waals surface area (Å²) < 4.78 is 32.8. The zero-order valence-electron chi connectivity index (χ0n) is 17.7. The lowest BCUT2D eigenvalue weighted by molar-refractivity contribution is 0.0846. The Kier molecular flexibility index (Phi) is 7.29. The molecule has 0 saturated carbocycles. The standard InChI is InChI=1S/C22H27N3O5S/c1-3-30-19-11-9-17(10-12-19)21(26)23-24-22(27)18-8-7-16(2)20(15-18)31(28,29)25-13-5-4-6-14-25/h7-12,15H,3-6,13-14H2,1-2H3,(H,23,26)(H,24,27). The minimum atomic E-state index is -3.68. The van der Waals surface area contributed by atoms with E-state index in [1.54, 1.807) is 37.3 Å². The number of sulfonamides is 1. The van der Waals surface area contributed by atoms with Crippen LogP contribution in [-0.4, -0.2) is 44.2 Å². The molecule has 2 N–H and O–H groups in total. The predicted octanol–water partition coefficient (Wildman–Crippen LogP) is 2.64. The Hall–Kier alpha value is -2.91. The summed E-state index contributed by atoms with van der Waals surface area (Å²) in [6.07, 6.45) is 2.67. The third kappa shape index (κ3) is 5.42. The van der Waals surface area contributed by atoms with Gasteiger partial charge in [0.1, 0.15) is 5.75 Å². The van der Waals surface area contributed by atoms with Crippen LogP contribution >= 0.6 is 0 Å². The molecule has 9 heteroatoms. The number of piperidine rings is 1. The van der Waals surface area contributed by atoms with Crippen LogP contribution < -0.4 is 15.6 Å². The van der Waals surface area contributed by atoms with Crippen LogP contribution in [0.3, 0.4) is 0 Å². The van der Waals surface area contributed by atoms with E-state index >= 15 is 0 Å². The number of carbonyl (C=O) groups excluding carboxylic acids is 2. The molecule has 0 bridgehead atoms. The molecule has 2 aromatic rings. The van der Waals surface area contributed by atoms with Crippen molar-refractivity contribution in [3.8, 4) is 5.75 Å². The molecule has 1 aliphatic heterocycles. The maximum atomic E-state index is 13.0. The van der Waals surface area contributed by atoms with Gasteiger partial charge in [-0.3, -0.25) is 20.4 Å². The van der Waals surface area contributed by atoms with E-state index in [0.29, 0.717) is 36.6 Å². The normalized spacial score (nSPS) is 14.6. The van der Waals surface area contributed by atoms with Crippen LogP contribution in [0.2, 0.25) is 0 Å². The van der Waals surface area contributed by atoms with E-state index in [9.17, 15) is 18.0 Å². The molecule has 1 aliphatic rings. The van der Waals surface area contributed by atoms with Gasteiger partial charge in [0.05, 0.1) is 11.5 Å². The first-order chi connectivity index (χ1) is 14.8. The Morgan fingerprint density at radius 1 is 0.935 bits per heavy atom. The topological polar surface area (TPSA) is 105 Å². The van der Waals surface area contributed by atoms with Crippen LogP contribution in [0.5, 0.6) is 5.75 Å². The highest BCUT2D eigenvalue weighted by molar-refractivity contribution is 7.89. The number of hydrogen-bond acceptors (Lipinski definition) is 5. The van der Waals surface area contributed by atoms with Crippen molar-refractivity contribution in [2.45, 2.75) is 38.0 Å². The van der Waals surface area contributed by atoms with Gasteiger partial charge in [0.25, 0.3) is 11.8 Å². The lowest BCUT2D eigenvalue weighted by Gasteiger charge is -2.26. The van der Waals surface area contributed by atoms with E-state index in [2.05, 4.69) is 10.9 Å². The smallest absolute Gasteiger partial charge is 0.269 e. The molecule has 3 rings (SSSR count). The highest BCUT2D eigenvalue weighted by Gasteiger charge is 2.28. The second-order valence-electron chi connectivity index (χ2n) is 7.31. The lowest BCUT2D eigenvalue weighted by Crippen LogP contribution is -2.41. The third-order valence-corrected chi connectivity index (χ3v) is 7.14. The quantitative estimate of drug-likeness (QED) is 0.665. The van der Waals surface area contributed by atoms with Gasteiger partial charge in [0.2, 0.25) is 10.0 Å². The van der Waals surface area contributed by atoms with E-state index in [4.69, 9.17) is 4.74 Å². The molecule has 31 heavy (non-hydrogen) atoms. The molecule has 1 fully saturated rings. The number of carbonyl (C=O) groups is 2. The zero-order valence-corrected chi connectivity index (χ0v) is 18.5. The summed E-state index contributed by atoms with van der Waals surface area (Å²) >= 11 is 0. The third-order valence-electron chi connectivity index (χ3n) is 5.10. The van der Waals surface area contributed by atoms with E-state index in [0.717, 1.165) is 19.3 Å². The second kappa shape index (κ2) is 9.93. The molecule has 2 amide bonds. The molecule has 0 atom stereocenters. The molecule has 0 unspecified atom stereocenters. The van der Waals surface area contributed by atoms with E-state index in [-0.39, 0.29) is 10.5 Å². The summed E-state index contributed by atoms with van der Waals surface area (Å²) in [7, 11) is -3.68. The van der Waals surface area contributed by atoms with Gasteiger partial charge in [-0.25, -0.2) is 8.42 Å². The molecule has 166 valence electrons. The minimum absolute atomic E-state index is 0.111. The molecular weight excluding hydrogens is 418 g/mol. The SMILES string of the molecule is CCOc1ccc(C(=O)NNC(=O)c2ccc(C)c(S(=O)(=O)N3CCCCC3)c2)cc1. The summed E-state index contributed by atoms with van der Waals surface area (Å²) in [5.41, 5.74) is 5.75. The number of amides is 2. The second-order valence-corrected chi connectivity index (χ2v) is 9.22. The number of hydrogen-bond donors (Lipinski definition) is 2. The van der Waals surface area contributed by atoms with Crippen molar-refractivity contribution in [2.24, 2.45) is 0 Å². The van der Waals surface area contributed by atoms with E-state index < -0.39 is 21.8 Å². The van der Waals surface area contributed by atoms with Crippen molar-refractivity contribution < 1.29 is 22.7 Å². The number of ether oxygens (including phenoxy) is 1. The number of hydrazine groups is 1. The van der Waals surface area contributed by atoms with Crippen molar-refractivity contribution in [3.05, 3.63) is 59.2 Å². The first kappa shape index (κ1) is 22.8.